The molecule has 158 valence electrons. The standard InChI is InChI=1S/C22H22F3N3O2/c1-3-27(21(29)17-7-5-9-19(13-17)30-2)15-20-26-10-11-28(20)14-16-6-4-8-18(12-16)22(23,24)25/h4-13H,3,14-15H2,1-2H3. The highest BCUT2D eigenvalue weighted by atomic mass is 19.4. The molecular weight excluding hydrogens is 395 g/mol. The van der Waals surface area contributed by atoms with E-state index >= 15 is 0 Å². The maximum atomic E-state index is 13.0. The zero-order chi connectivity index (χ0) is 21.7. The van der Waals surface area contributed by atoms with Gasteiger partial charge in [0.1, 0.15) is 11.6 Å². The molecule has 0 bridgehead atoms. The van der Waals surface area contributed by atoms with Crippen LogP contribution >= 0.6 is 0 Å². The number of amides is 1. The maximum Gasteiger partial charge on any atom is 0.416 e. The summed E-state index contributed by atoms with van der Waals surface area (Å²) in [6.07, 6.45) is -1.12. The second kappa shape index (κ2) is 9.02. The minimum absolute atomic E-state index is 0.176. The molecule has 0 N–H and O–H groups in total. The van der Waals surface area contributed by atoms with E-state index in [2.05, 4.69) is 4.98 Å². The summed E-state index contributed by atoms with van der Waals surface area (Å²) in [6.45, 7) is 2.77. The number of benzene rings is 2. The van der Waals surface area contributed by atoms with Crippen molar-refractivity contribution in [3.8, 4) is 5.75 Å². The van der Waals surface area contributed by atoms with Crippen LogP contribution in [0.2, 0.25) is 0 Å². The van der Waals surface area contributed by atoms with E-state index in [1.807, 2.05) is 6.92 Å². The second-order valence-corrected chi connectivity index (χ2v) is 6.72. The van der Waals surface area contributed by atoms with Crippen molar-refractivity contribution in [1.82, 2.24) is 14.5 Å². The molecule has 0 radical (unpaired) electrons. The zero-order valence-corrected chi connectivity index (χ0v) is 16.7. The van der Waals surface area contributed by atoms with Gasteiger partial charge in [-0.15, -0.1) is 0 Å². The highest BCUT2D eigenvalue weighted by molar-refractivity contribution is 5.94. The first-order valence-corrected chi connectivity index (χ1v) is 9.41. The van der Waals surface area contributed by atoms with Gasteiger partial charge in [0.25, 0.3) is 5.91 Å². The minimum Gasteiger partial charge on any atom is -0.497 e. The third-order valence-electron chi connectivity index (χ3n) is 4.73. The molecule has 0 saturated carbocycles. The van der Waals surface area contributed by atoms with Crippen LogP contribution in [-0.4, -0.2) is 34.0 Å². The number of carbonyl (C=O) groups is 1. The number of nitrogens with zero attached hydrogens (tertiary/aromatic N) is 3. The number of ether oxygens (including phenoxy) is 1. The van der Waals surface area contributed by atoms with Crippen LogP contribution in [-0.2, 0) is 19.3 Å². The molecule has 0 aliphatic rings. The Morgan fingerprint density at radius 1 is 1.17 bits per heavy atom. The van der Waals surface area contributed by atoms with Crippen LogP contribution in [0, 0.1) is 0 Å². The Morgan fingerprint density at radius 2 is 1.93 bits per heavy atom. The summed E-state index contributed by atoms with van der Waals surface area (Å²) in [4.78, 5) is 18.8. The summed E-state index contributed by atoms with van der Waals surface area (Å²) in [5.41, 5.74) is 0.309. The van der Waals surface area contributed by atoms with Crippen LogP contribution in [0.4, 0.5) is 13.2 Å². The molecule has 30 heavy (non-hydrogen) atoms. The Balaban J connectivity index is 1.78. The van der Waals surface area contributed by atoms with Crippen molar-refractivity contribution in [2.24, 2.45) is 0 Å². The van der Waals surface area contributed by atoms with Gasteiger partial charge in [-0.2, -0.15) is 13.2 Å². The third-order valence-corrected chi connectivity index (χ3v) is 4.73. The summed E-state index contributed by atoms with van der Waals surface area (Å²) in [6, 6.07) is 12.1. The Hall–Kier alpha value is -3.29. The normalized spacial score (nSPS) is 11.4. The quantitative estimate of drug-likeness (QED) is 0.564. The van der Waals surface area contributed by atoms with E-state index in [0.29, 0.717) is 29.2 Å². The highest BCUT2D eigenvalue weighted by Gasteiger charge is 2.30. The predicted octanol–water partition coefficient (Wildman–Crippen LogP) is 4.62. The first-order valence-electron chi connectivity index (χ1n) is 9.41. The highest BCUT2D eigenvalue weighted by Crippen LogP contribution is 2.29. The molecule has 0 saturated heterocycles. The third kappa shape index (κ3) is 5.00. The summed E-state index contributed by atoms with van der Waals surface area (Å²) in [5.74, 6) is 0.999. The van der Waals surface area contributed by atoms with E-state index in [-0.39, 0.29) is 19.0 Å². The van der Waals surface area contributed by atoms with Gasteiger partial charge >= 0.3 is 6.18 Å². The van der Waals surface area contributed by atoms with Crippen molar-refractivity contribution in [3.05, 3.63) is 83.4 Å². The Morgan fingerprint density at radius 3 is 2.63 bits per heavy atom. The molecule has 0 aliphatic carbocycles. The number of hydrogen-bond acceptors (Lipinski definition) is 3. The van der Waals surface area contributed by atoms with Gasteiger partial charge in [-0.25, -0.2) is 4.98 Å². The number of aromatic nitrogens is 2. The fourth-order valence-corrected chi connectivity index (χ4v) is 3.11. The lowest BCUT2D eigenvalue weighted by atomic mass is 10.1. The maximum absolute atomic E-state index is 13.0. The second-order valence-electron chi connectivity index (χ2n) is 6.72. The SMILES string of the molecule is CCN(Cc1nccn1Cc1cccc(C(F)(F)F)c1)C(=O)c1cccc(OC)c1. The summed E-state index contributed by atoms with van der Waals surface area (Å²) in [7, 11) is 1.53. The topological polar surface area (TPSA) is 47.4 Å². The van der Waals surface area contributed by atoms with E-state index in [9.17, 15) is 18.0 Å². The van der Waals surface area contributed by atoms with Crippen molar-refractivity contribution < 1.29 is 22.7 Å². The van der Waals surface area contributed by atoms with E-state index in [1.165, 1.54) is 13.2 Å². The first-order chi connectivity index (χ1) is 14.3. The van der Waals surface area contributed by atoms with Crippen molar-refractivity contribution in [3.63, 3.8) is 0 Å². The van der Waals surface area contributed by atoms with Crippen LogP contribution in [0.25, 0.3) is 0 Å². The van der Waals surface area contributed by atoms with Gasteiger partial charge in [0.15, 0.2) is 0 Å². The Kier molecular flexibility index (Phi) is 6.44. The van der Waals surface area contributed by atoms with Crippen LogP contribution in [0.15, 0.2) is 60.9 Å². The van der Waals surface area contributed by atoms with E-state index < -0.39 is 11.7 Å². The van der Waals surface area contributed by atoms with Crippen molar-refractivity contribution >= 4 is 5.91 Å². The molecule has 0 spiro atoms. The predicted molar refractivity (Wildman–Crippen MR) is 106 cm³/mol. The number of halogens is 3. The van der Waals surface area contributed by atoms with Gasteiger partial charge < -0.3 is 14.2 Å². The molecule has 1 amide bonds. The van der Waals surface area contributed by atoms with Gasteiger partial charge in [-0.1, -0.05) is 18.2 Å². The summed E-state index contributed by atoms with van der Waals surface area (Å²) < 4.78 is 45.9. The number of methoxy groups -OCH3 is 1. The number of alkyl halides is 3. The van der Waals surface area contributed by atoms with Crippen LogP contribution in [0.1, 0.15) is 34.2 Å². The van der Waals surface area contributed by atoms with Gasteiger partial charge in [0.2, 0.25) is 0 Å². The Labute approximate surface area is 172 Å². The van der Waals surface area contributed by atoms with Crippen LogP contribution in [0.3, 0.4) is 0 Å². The van der Waals surface area contributed by atoms with Crippen LogP contribution in [0.5, 0.6) is 5.75 Å². The smallest absolute Gasteiger partial charge is 0.416 e. The van der Waals surface area contributed by atoms with Gasteiger partial charge in [-0.3, -0.25) is 4.79 Å². The lowest BCUT2D eigenvalue weighted by Crippen LogP contribution is -2.31. The zero-order valence-electron chi connectivity index (χ0n) is 16.7. The molecule has 0 aliphatic heterocycles. The van der Waals surface area contributed by atoms with Crippen molar-refractivity contribution in [2.75, 3.05) is 13.7 Å². The molecule has 0 unspecified atom stereocenters. The molecule has 0 atom stereocenters. The largest absolute Gasteiger partial charge is 0.497 e. The van der Waals surface area contributed by atoms with Gasteiger partial charge in [-0.05, 0) is 42.8 Å². The molecule has 3 rings (SSSR count). The van der Waals surface area contributed by atoms with Gasteiger partial charge in [0, 0.05) is 31.0 Å². The average molecular weight is 417 g/mol. The molecule has 1 heterocycles. The summed E-state index contributed by atoms with van der Waals surface area (Å²) >= 11 is 0. The van der Waals surface area contributed by atoms with Crippen LogP contribution < -0.4 is 4.74 Å². The van der Waals surface area contributed by atoms with Gasteiger partial charge in [0.05, 0.1) is 19.2 Å². The number of imidazole rings is 1. The fraction of sp³-hybridized carbons (Fsp3) is 0.273. The summed E-state index contributed by atoms with van der Waals surface area (Å²) in [5, 5.41) is 0. The monoisotopic (exact) mass is 417 g/mol. The van der Waals surface area contributed by atoms with E-state index in [0.717, 1.165) is 12.1 Å². The number of carbonyl (C=O) groups excluding carboxylic acids is 1. The minimum atomic E-state index is -4.39. The molecule has 8 heteroatoms. The fourth-order valence-electron chi connectivity index (χ4n) is 3.11. The molecular formula is C22H22F3N3O2. The molecule has 0 fully saturated rings. The average Bonchev–Trinajstić information content (AvgIpc) is 3.17. The lowest BCUT2D eigenvalue weighted by Gasteiger charge is -2.21. The van der Waals surface area contributed by atoms with E-state index in [1.54, 1.807) is 52.2 Å². The van der Waals surface area contributed by atoms with Crippen molar-refractivity contribution in [2.45, 2.75) is 26.2 Å². The molecule has 2 aromatic carbocycles. The van der Waals surface area contributed by atoms with E-state index in [4.69, 9.17) is 4.74 Å². The number of hydrogen-bond donors (Lipinski definition) is 0. The molecule has 5 nitrogen and oxygen atoms in total. The van der Waals surface area contributed by atoms with Crippen molar-refractivity contribution in [1.29, 1.82) is 0 Å². The lowest BCUT2D eigenvalue weighted by molar-refractivity contribution is -0.137. The first kappa shape index (κ1) is 21.4. The molecule has 3 aromatic rings. The molecule has 1 aromatic heterocycles. The Bertz CT molecular complexity index is 1010. The number of rotatable bonds is 7.